The summed E-state index contributed by atoms with van der Waals surface area (Å²) in [5.41, 5.74) is 0. The first-order valence-corrected chi connectivity index (χ1v) is 7.89. The fraction of sp³-hybridized carbons (Fsp3) is 0.733. The Morgan fingerprint density at radius 1 is 1.35 bits per heavy atom. The minimum Gasteiger partial charge on any atom is -0.314 e. The minimum absolute atomic E-state index is 0.613. The summed E-state index contributed by atoms with van der Waals surface area (Å²) in [5.74, 6) is 1.81. The average molecular weight is 251 g/mol. The molecule has 96 valence electrons. The van der Waals surface area contributed by atoms with Gasteiger partial charge >= 0.3 is 0 Å². The van der Waals surface area contributed by atoms with E-state index in [9.17, 15) is 0 Å². The standard InChI is InChI=1S/C15H25NS/c1-12(2)16-11-14(13-6-3-4-7-13)10-15-8-5-9-17-15/h5,8-9,12-14,16H,3-4,6-7,10-11H2,1-2H3. The molecule has 1 heterocycles. The summed E-state index contributed by atoms with van der Waals surface area (Å²) in [5, 5.41) is 5.84. The van der Waals surface area contributed by atoms with Crippen molar-refractivity contribution in [2.24, 2.45) is 11.8 Å². The Kier molecular flexibility index (Phi) is 5.05. The molecule has 2 heteroatoms. The lowest BCUT2D eigenvalue weighted by Crippen LogP contribution is -2.33. The van der Waals surface area contributed by atoms with Gasteiger partial charge in [0.25, 0.3) is 0 Å². The van der Waals surface area contributed by atoms with Gasteiger partial charge in [0.1, 0.15) is 0 Å². The van der Waals surface area contributed by atoms with Crippen molar-refractivity contribution in [1.82, 2.24) is 5.32 Å². The van der Waals surface area contributed by atoms with E-state index >= 15 is 0 Å². The Morgan fingerprint density at radius 3 is 2.71 bits per heavy atom. The van der Waals surface area contributed by atoms with Crippen LogP contribution in [-0.4, -0.2) is 12.6 Å². The second-order valence-corrected chi connectivity index (χ2v) is 6.68. The third kappa shape index (κ3) is 4.11. The Labute approximate surface area is 110 Å². The van der Waals surface area contributed by atoms with E-state index in [0.29, 0.717) is 6.04 Å². The lowest BCUT2D eigenvalue weighted by Gasteiger charge is -2.24. The molecule has 1 nitrogen and oxygen atoms in total. The monoisotopic (exact) mass is 251 g/mol. The highest BCUT2D eigenvalue weighted by molar-refractivity contribution is 7.09. The summed E-state index contributed by atoms with van der Waals surface area (Å²) in [4.78, 5) is 1.56. The molecule has 0 aromatic carbocycles. The molecule has 0 bridgehead atoms. The molecule has 1 N–H and O–H groups in total. The molecule has 0 aliphatic heterocycles. The molecule has 1 aliphatic carbocycles. The third-order valence-corrected chi connectivity index (χ3v) is 4.80. The Bertz CT molecular complexity index is 299. The number of thiophene rings is 1. The second-order valence-electron chi connectivity index (χ2n) is 5.65. The molecule has 1 unspecified atom stereocenters. The predicted octanol–water partition coefficient (Wildman–Crippen LogP) is 4.10. The summed E-state index contributed by atoms with van der Waals surface area (Å²) in [6, 6.07) is 5.09. The zero-order valence-corrected chi connectivity index (χ0v) is 11.9. The average Bonchev–Trinajstić information content (AvgIpc) is 2.96. The molecule has 1 saturated carbocycles. The van der Waals surface area contributed by atoms with Gasteiger partial charge in [-0.15, -0.1) is 11.3 Å². The molecule has 0 amide bonds. The van der Waals surface area contributed by atoms with Gasteiger partial charge in [-0.25, -0.2) is 0 Å². The van der Waals surface area contributed by atoms with Crippen LogP contribution >= 0.6 is 11.3 Å². The number of hydrogen-bond acceptors (Lipinski definition) is 2. The van der Waals surface area contributed by atoms with Crippen molar-refractivity contribution in [2.45, 2.75) is 52.0 Å². The second kappa shape index (κ2) is 6.55. The van der Waals surface area contributed by atoms with E-state index in [1.54, 1.807) is 4.88 Å². The van der Waals surface area contributed by atoms with Gasteiger partial charge in [0.2, 0.25) is 0 Å². The van der Waals surface area contributed by atoms with Gasteiger partial charge in [-0.05, 0) is 36.2 Å². The van der Waals surface area contributed by atoms with E-state index in [1.165, 1.54) is 38.6 Å². The Hall–Kier alpha value is -0.340. The van der Waals surface area contributed by atoms with E-state index in [4.69, 9.17) is 0 Å². The third-order valence-electron chi connectivity index (χ3n) is 3.90. The van der Waals surface area contributed by atoms with Crippen molar-refractivity contribution in [2.75, 3.05) is 6.54 Å². The van der Waals surface area contributed by atoms with Crippen LogP contribution in [-0.2, 0) is 6.42 Å². The largest absolute Gasteiger partial charge is 0.314 e. The van der Waals surface area contributed by atoms with Gasteiger partial charge in [-0.2, -0.15) is 0 Å². The van der Waals surface area contributed by atoms with Crippen LogP contribution in [0.25, 0.3) is 0 Å². The van der Waals surface area contributed by atoms with Gasteiger partial charge in [-0.1, -0.05) is 45.6 Å². The van der Waals surface area contributed by atoms with Crippen LogP contribution < -0.4 is 5.32 Å². The Balaban J connectivity index is 1.91. The van der Waals surface area contributed by atoms with E-state index in [2.05, 4.69) is 36.7 Å². The van der Waals surface area contributed by atoms with Gasteiger partial charge in [0, 0.05) is 10.9 Å². The fourth-order valence-corrected chi connectivity index (χ4v) is 3.71. The molecular weight excluding hydrogens is 226 g/mol. The maximum absolute atomic E-state index is 3.64. The zero-order valence-electron chi connectivity index (χ0n) is 11.1. The molecule has 0 radical (unpaired) electrons. The maximum atomic E-state index is 3.64. The van der Waals surface area contributed by atoms with Crippen LogP contribution in [0.3, 0.4) is 0 Å². The van der Waals surface area contributed by atoms with Gasteiger partial charge in [0.05, 0.1) is 0 Å². The molecule has 17 heavy (non-hydrogen) atoms. The van der Waals surface area contributed by atoms with E-state index in [0.717, 1.165) is 11.8 Å². The lowest BCUT2D eigenvalue weighted by molar-refractivity contribution is 0.314. The molecule has 1 aromatic rings. The smallest absolute Gasteiger partial charge is 0.00485 e. The molecule has 1 fully saturated rings. The van der Waals surface area contributed by atoms with Crippen LogP contribution in [0.4, 0.5) is 0 Å². The van der Waals surface area contributed by atoms with Gasteiger partial charge < -0.3 is 5.32 Å². The van der Waals surface area contributed by atoms with Crippen molar-refractivity contribution in [3.05, 3.63) is 22.4 Å². The first-order chi connectivity index (χ1) is 8.25. The van der Waals surface area contributed by atoms with Crippen molar-refractivity contribution in [3.63, 3.8) is 0 Å². The molecular formula is C15H25NS. The van der Waals surface area contributed by atoms with Crippen LogP contribution in [0, 0.1) is 11.8 Å². The van der Waals surface area contributed by atoms with E-state index in [1.807, 2.05) is 11.3 Å². The highest BCUT2D eigenvalue weighted by Crippen LogP contribution is 2.33. The van der Waals surface area contributed by atoms with Crippen LogP contribution in [0.1, 0.15) is 44.4 Å². The minimum atomic E-state index is 0.613. The molecule has 1 aromatic heterocycles. The van der Waals surface area contributed by atoms with Gasteiger partial charge in [-0.3, -0.25) is 0 Å². The predicted molar refractivity (Wildman–Crippen MR) is 76.6 cm³/mol. The van der Waals surface area contributed by atoms with Crippen molar-refractivity contribution >= 4 is 11.3 Å². The van der Waals surface area contributed by atoms with E-state index in [-0.39, 0.29) is 0 Å². The highest BCUT2D eigenvalue weighted by Gasteiger charge is 2.25. The van der Waals surface area contributed by atoms with Crippen LogP contribution in [0.5, 0.6) is 0 Å². The Morgan fingerprint density at radius 2 is 2.12 bits per heavy atom. The molecule has 2 rings (SSSR count). The van der Waals surface area contributed by atoms with Crippen molar-refractivity contribution < 1.29 is 0 Å². The van der Waals surface area contributed by atoms with Crippen molar-refractivity contribution in [1.29, 1.82) is 0 Å². The highest BCUT2D eigenvalue weighted by atomic mass is 32.1. The molecule has 0 saturated heterocycles. The number of hydrogen-bond donors (Lipinski definition) is 1. The van der Waals surface area contributed by atoms with Crippen molar-refractivity contribution in [3.8, 4) is 0 Å². The first kappa shape index (κ1) is 13.1. The van der Waals surface area contributed by atoms with Crippen LogP contribution in [0.15, 0.2) is 17.5 Å². The quantitative estimate of drug-likeness (QED) is 0.803. The zero-order chi connectivity index (χ0) is 12.1. The maximum Gasteiger partial charge on any atom is 0.00485 e. The molecule has 0 spiro atoms. The van der Waals surface area contributed by atoms with Crippen LogP contribution in [0.2, 0.25) is 0 Å². The SMILES string of the molecule is CC(C)NCC(Cc1cccs1)C1CCCC1. The van der Waals surface area contributed by atoms with Gasteiger partial charge in [0.15, 0.2) is 0 Å². The summed E-state index contributed by atoms with van der Waals surface area (Å²) in [6.45, 7) is 5.69. The van der Waals surface area contributed by atoms with E-state index < -0.39 is 0 Å². The topological polar surface area (TPSA) is 12.0 Å². The first-order valence-electron chi connectivity index (χ1n) is 7.01. The number of rotatable bonds is 6. The molecule has 1 aliphatic rings. The summed E-state index contributed by atoms with van der Waals surface area (Å²) in [6.07, 6.45) is 7.09. The summed E-state index contributed by atoms with van der Waals surface area (Å²) in [7, 11) is 0. The summed E-state index contributed by atoms with van der Waals surface area (Å²) >= 11 is 1.92. The molecule has 1 atom stereocenters. The number of nitrogens with one attached hydrogen (secondary N) is 1. The summed E-state index contributed by atoms with van der Waals surface area (Å²) < 4.78 is 0. The lowest BCUT2D eigenvalue weighted by atomic mass is 9.87. The normalized spacial score (nSPS) is 19.0. The fourth-order valence-electron chi connectivity index (χ4n) is 2.91.